The van der Waals surface area contributed by atoms with Crippen molar-refractivity contribution in [1.82, 2.24) is 14.3 Å². The first-order valence-corrected chi connectivity index (χ1v) is 12.2. The minimum absolute atomic E-state index is 0.238. The van der Waals surface area contributed by atoms with Crippen LogP contribution in [-0.2, 0) is 16.6 Å². The normalized spacial score (nSPS) is 11.6. The van der Waals surface area contributed by atoms with Crippen LogP contribution in [0.25, 0.3) is 16.6 Å². The number of aryl methyl sites for hydroxylation is 1. The van der Waals surface area contributed by atoms with Crippen LogP contribution in [0.1, 0.15) is 24.5 Å². The van der Waals surface area contributed by atoms with Gasteiger partial charge >= 0.3 is 0 Å². The van der Waals surface area contributed by atoms with Crippen molar-refractivity contribution in [2.75, 3.05) is 6.54 Å². The van der Waals surface area contributed by atoms with Gasteiger partial charge in [0, 0.05) is 29.9 Å². The van der Waals surface area contributed by atoms with Crippen molar-refractivity contribution in [3.05, 3.63) is 96.2 Å². The Morgan fingerprint density at radius 3 is 2.64 bits per heavy atom. The summed E-state index contributed by atoms with van der Waals surface area (Å²) in [6, 6.07) is 20.9. The van der Waals surface area contributed by atoms with E-state index in [9.17, 15) is 8.42 Å². The molecule has 170 valence electrons. The monoisotopic (exact) mass is 461 g/mol. The molecule has 2 heterocycles. The molecule has 2 aromatic heterocycles. The van der Waals surface area contributed by atoms with Gasteiger partial charge in [0.15, 0.2) is 0 Å². The van der Waals surface area contributed by atoms with Crippen LogP contribution < -0.4 is 9.46 Å². The number of benzene rings is 2. The molecule has 6 nitrogen and oxygen atoms in total. The zero-order valence-corrected chi connectivity index (χ0v) is 19.6. The Hall–Kier alpha value is -3.42. The predicted molar refractivity (Wildman–Crippen MR) is 131 cm³/mol. The molecule has 0 unspecified atom stereocenters. The van der Waals surface area contributed by atoms with Crippen LogP contribution in [0.3, 0.4) is 0 Å². The van der Waals surface area contributed by atoms with Gasteiger partial charge in [0.25, 0.3) is 0 Å². The van der Waals surface area contributed by atoms with E-state index < -0.39 is 10.0 Å². The predicted octanol–water partition coefficient (Wildman–Crippen LogP) is 5.13. The molecule has 7 heteroatoms. The highest BCUT2D eigenvalue weighted by Crippen LogP contribution is 2.29. The number of fused-ring (bicyclic) bond motifs is 1. The molecular formula is C26H27N3O3S. The lowest BCUT2D eigenvalue weighted by atomic mass is 10.1. The number of nitrogens with one attached hydrogen (secondary N) is 1. The van der Waals surface area contributed by atoms with Crippen LogP contribution in [0.2, 0.25) is 0 Å². The summed E-state index contributed by atoms with van der Waals surface area (Å²) >= 11 is 0. The van der Waals surface area contributed by atoms with Crippen LogP contribution in [0, 0.1) is 6.92 Å². The van der Waals surface area contributed by atoms with E-state index in [-0.39, 0.29) is 4.90 Å². The van der Waals surface area contributed by atoms with Crippen LogP contribution in [0.5, 0.6) is 5.88 Å². The average Bonchev–Trinajstić information content (AvgIpc) is 3.20. The largest absolute Gasteiger partial charge is 0.472 e. The zero-order chi connectivity index (χ0) is 23.4. The van der Waals surface area contributed by atoms with Gasteiger partial charge in [-0.25, -0.2) is 17.7 Å². The maximum Gasteiger partial charge on any atom is 0.241 e. The van der Waals surface area contributed by atoms with Crippen molar-refractivity contribution in [3.8, 4) is 17.0 Å². The van der Waals surface area contributed by atoms with Gasteiger partial charge in [-0.2, -0.15) is 0 Å². The molecule has 0 saturated carbocycles. The van der Waals surface area contributed by atoms with Crippen LogP contribution in [0.4, 0.5) is 0 Å². The molecule has 4 rings (SSSR count). The summed E-state index contributed by atoms with van der Waals surface area (Å²) in [5, 5.41) is 4.52. The molecule has 0 aliphatic heterocycles. The molecule has 0 amide bonds. The fourth-order valence-electron chi connectivity index (χ4n) is 3.50. The van der Waals surface area contributed by atoms with Crippen LogP contribution in [0.15, 0.2) is 90.0 Å². The lowest BCUT2D eigenvalue weighted by Crippen LogP contribution is -2.25. The van der Waals surface area contributed by atoms with E-state index in [1.807, 2.05) is 74.6 Å². The number of pyridine rings is 1. The minimum Gasteiger partial charge on any atom is -0.472 e. The fraction of sp³-hybridized carbons (Fsp3) is 0.192. The number of aromatic nitrogens is 2. The van der Waals surface area contributed by atoms with E-state index in [1.165, 1.54) is 0 Å². The Morgan fingerprint density at radius 2 is 1.88 bits per heavy atom. The van der Waals surface area contributed by atoms with Crippen molar-refractivity contribution in [2.45, 2.75) is 31.8 Å². The van der Waals surface area contributed by atoms with E-state index in [0.717, 1.165) is 27.8 Å². The topological polar surface area (TPSA) is 72.7 Å². The summed E-state index contributed by atoms with van der Waals surface area (Å²) in [4.78, 5) is 0.238. The van der Waals surface area contributed by atoms with Gasteiger partial charge in [0.05, 0.1) is 10.4 Å². The number of hydrogen-bond acceptors (Lipinski definition) is 4. The maximum atomic E-state index is 13.0. The Morgan fingerprint density at radius 1 is 1.09 bits per heavy atom. The molecule has 0 radical (unpaired) electrons. The molecule has 33 heavy (non-hydrogen) atoms. The number of ether oxygens (including phenoxy) is 1. The minimum atomic E-state index is -3.68. The molecule has 0 saturated heterocycles. The molecule has 0 aliphatic rings. The van der Waals surface area contributed by atoms with Crippen molar-refractivity contribution in [1.29, 1.82) is 0 Å². The zero-order valence-electron chi connectivity index (χ0n) is 18.8. The number of hydrogen-bond donors (Lipinski definition) is 1. The van der Waals surface area contributed by atoms with Crippen LogP contribution in [-0.4, -0.2) is 24.6 Å². The first-order valence-electron chi connectivity index (χ1n) is 10.7. The lowest BCUT2D eigenvalue weighted by Gasteiger charge is -2.13. The van der Waals surface area contributed by atoms with Gasteiger partial charge in [-0.05, 0) is 38.0 Å². The smallest absolute Gasteiger partial charge is 0.241 e. The molecule has 0 aliphatic carbocycles. The summed E-state index contributed by atoms with van der Waals surface area (Å²) < 4.78 is 36.3. The number of rotatable bonds is 9. The second-order valence-corrected chi connectivity index (χ2v) is 9.88. The quantitative estimate of drug-likeness (QED) is 0.351. The van der Waals surface area contributed by atoms with E-state index >= 15 is 0 Å². The summed E-state index contributed by atoms with van der Waals surface area (Å²) in [5.74, 6) is 0.509. The second-order valence-electron chi connectivity index (χ2n) is 8.15. The van der Waals surface area contributed by atoms with Crippen molar-refractivity contribution in [2.24, 2.45) is 0 Å². The second kappa shape index (κ2) is 9.60. The Bertz CT molecular complexity index is 1390. The molecule has 2 aromatic carbocycles. The molecular weight excluding hydrogens is 434 g/mol. The first kappa shape index (κ1) is 22.8. The molecule has 0 atom stereocenters. The summed E-state index contributed by atoms with van der Waals surface area (Å²) in [6.45, 7) is 8.38. The fourth-order valence-corrected chi connectivity index (χ4v) is 4.74. The number of nitrogens with zero attached hydrogens (tertiary/aromatic N) is 2. The molecule has 4 aromatic rings. The summed E-state index contributed by atoms with van der Waals surface area (Å²) in [5.41, 5.74) is 5.20. The third kappa shape index (κ3) is 5.50. The van der Waals surface area contributed by atoms with Crippen molar-refractivity contribution >= 4 is 15.5 Å². The molecule has 0 fully saturated rings. The van der Waals surface area contributed by atoms with E-state index in [1.54, 1.807) is 16.6 Å². The highest BCUT2D eigenvalue weighted by molar-refractivity contribution is 7.89. The highest BCUT2D eigenvalue weighted by Gasteiger charge is 2.20. The summed E-state index contributed by atoms with van der Waals surface area (Å²) in [7, 11) is -3.68. The first-order chi connectivity index (χ1) is 15.8. The van der Waals surface area contributed by atoms with E-state index in [0.29, 0.717) is 31.0 Å². The SMILES string of the molecule is C=C(C)CCNS(=O)(=O)c1ccc(C)cc1-c1ccc2cc(OCc3ccccc3)nn2c1. The lowest BCUT2D eigenvalue weighted by molar-refractivity contribution is 0.292. The highest BCUT2D eigenvalue weighted by atomic mass is 32.2. The molecule has 0 bridgehead atoms. The Labute approximate surface area is 194 Å². The molecule has 0 spiro atoms. The number of sulfonamides is 1. The summed E-state index contributed by atoms with van der Waals surface area (Å²) in [6.07, 6.45) is 2.41. The Balaban J connectivity index is 1.63. The van der Waals surface area contributed by atoms with Gasteiger partial charge < -0.3 is 4.74 Å². The third-order valence-electron chi connectivity index (χ3n) is 5.25. The van der Waals surface area contributed by atoms with Crippen molar-refractivity contribution < 1.29 is 13.2 Å². The van der Waals surface area contributed by atoms with Gasteiger partial charge in [-0.1, -0.05) is 59.7 Å². The van der Waals surface area contributed by atoms with Crippen molar-refractivity contribution in [3.63, 3.8) is 0 Å². The average molecular weight is 462 g/mol. The van der Waals surface area contributed by atoms with E-state index in [4.69, 9.17) is 4.74 Å². The molecule has 1 N–H and O–H groups in total. The standard InChI is InChI=1S/C26H27N3O3S/c1-19(2)13-14-27-33(30,31)25-12-9-20(3)15-24(25)22-10-11-23-16-26(28-29(23)17-22)32-18-21-7-5-4-6-8-21/h4-12,15-17,27H,1,13-14,18H2,2-3H3. The van der Waals surface area contributed by atoms with Crippen LogP contribution >= 0.6 is 0 Å². The van der Waals surface area contributed by atoms with Gasteiger partial charge in [-0.3, -0.25) is 0 Å². The van der Waals surface area contributed by atoms with Gasteiger partial charge in [0.2, 0.25) is 15.9 Å². The maximum absolute atomic E-state index is 13.0. The third-order valence-corrected chi connectivity index (χ3v) is 6.77. The van der Waals surface area contributed by atoms with Gasteiger partial charge in [0.1, 0.15) is 6.61 Å². The Kier molecular flexibility index (Phi) is 6.62. The van der Waals surface area contributed by atoms with E-state index in [2.05, 4.69) is 16.4 Å². The van der Waals surface area contributed by atoms with Gasteiger partial charge in [-0.15, -0.1) is 11.7 Å².